The number of nitrogens with one attached hydrogen (secondary N) is 2. The number of morpholine rings is 1. The summed E-state index contributed by atoms with van der Waals surface area (Å²) in [6.45, 7) is 6.82. The molecule has 2 rings (SSSR count). The average Bonchev–Trinajstić information content (AvgIpc) is 2.36. The van der Waals surface area contributed by atoms with Gasteiger partial charge in [-0.1, -0.05) is 29.8 Å². The third-order valence-electron chi connectivity index (χ3n) is 3.08. The van der Waals surface area contributed by atoms with Gasteiger partial charge in [0.1, 0.15) is 0 Å². The molecule has 0 aliphatic carbocycles. The van der Waals surface area contributed by atoms with Gasteiger partial charge in [-0.25, -0.2) is 0 Å². The normalized spacial score (nSPS) is 20.4. The minimum atomic E-state index is 0.522. The maximum Gasteiger partial charge on any atom is 0.0620 e. The Bertz CT molecular complexity index is 335. The maximum absolute atomic E-state index is 5.42. The smallest absolute Gasteiger partial charge is 0.0620 e. The number of rotatable bonds is 5. The van der Waals surface area contributed by atoms with Crippen LogP contribution in [0.5, 0.6) is 0 Å². The first-order chi connectivity index (χ1) is 8.34. The van der Waals surface area contributed by atoms with Crippen LogP contribution >= 0.6 is 0 Å². The van der Waals surface area contributed by atoms with Crippen LogP contribution < -0.4 is 10.6 Å². The van der Waals surface area contributed by atoms with Crippen molar-refractivity contribution in [3.05, 3.63) is 35.4 Å². The molecule has 1 aliphatic rings. The molecule has 17 heavy (non-hydrogen) atoms. The molecular formula is C14H22N2O. The van der Waals surface area contributed by atoms with Gasteiger partial charge in [0.25, 0.3) is 0 Å². The molecule has 1 atom stereocenters. The lowest BCUT2D eigenvalue weighted by atomic mass is 10.1. The van der Waals surface area contributed by atoms with Crippen LogP contribution in [0.25, 0.3) is 0 Å². The molecule has 0 amide bonds. The summed E-state index contributed by atoms with van der Waals surface area (Å²) in [5, 5.41) is 6.94. The Labute approximate surface area is 104 Å². The number of aryl methyl sites for hydroxylation is 1. The van der Waals surface area contributed by atoms with Crippen molar-refractivity contribution in [2.24, 2.45) is 0 Å². The molecule has 1 aromatic rings. The van der Waals surface area contributed by atoms with Crippen LogP contribution in [0.4, 0.5) is 0 Å². The summed E-state index contributed by atoms with van der Waals surface area (Å²) in [6.07, 6.45) is 1.13. The monoisotopic (exact) mass is 234 g/mol. The fourth-order valence-electron chi connectivity index (χ4n) is 2.14. The second-order valence-electron chi connectivity index (χ2n) is 4.68. The van der Waals surface area contributed by atoms with E-state index < -0.39 is 0 Å². The third kappa shape index (κ3) is 4.46. The van der Waals surface area contributed by atoms with Crippen LogP contribution in [-0.4, -0.2) is 32.3 Å². The molecule has 0 bridgehead atoms. The van der Waals surface area contributed by atoms with Gasteiger partial charge in [0.15, 0.2) is 0 Å². The molecule has 1 aliphatic heterocycles. The molecule has 2 N–H and O–H groups in total. The van der Waals surface area contributed by atoms with Gasteiger partial charge in [0, 0.05) is 19.1 Å². The molecule has 0 spiro atoms. The van der Waals surface area contributed by atoms with E-state index in [0.29, 0.717) is 6.04 Å². The lowest BCUT2D eigenvalue weighted by molar-refractivity contribution is 0.0742. The molecule has 94 valence electrons. The summed E-state index contributed by atoms with van der Waals surface area (Å²) < 4.78 is 5.42. The van der Waals surface area contributed by atoms with Gasteiger partial charge in [0.05, 0.1) is 13.2 Å². The maximum atomic E-state index is 5.42. The molecule has 3 heteroatoms. The van der Waals surface area contributed by atoms with Crippen LogP contribution in [0.2, 0.25) is 0 Å². The fourth-order valence-corrected chi connectivity index (χ4v) is 2.14. The van der Waals surface area contributed by atoms with E-state index in [0.717, 1.165) is 39.3 Å². The first-order valence-corrected chi connectivity index (χ1v) is 6.42. The van der Waals surface area contributed by atoms with E-state index in [9.17, 15) is 0 Å². The SMILES string of the molecule is Cc1cccc(CNCCC2COCCN2)c1. The second kappa shape index (κ2) is 6.74. The number of hydrogen-bond acceptors (Lipinski definition) is 3. The van der Waals surface area contributed by atoms with Crippen molar-refractivity contribution in [3.63, 3.8) is 0 Å². The quantitative estimate of drug-likeness (QED) is 0.757. The van der Waals surface area contributed by atoms with Gasteiger partial charge in [-0.3, -0.25) is 0 Å². The van der Waals surface area contributed by atoms with Gasteiger partial charge in [-0.15, -0.1) is 0 Å². The number of benzene rings is 1. The topological polar surface area (TPSA) is 33.3 Å². The van der Waals surface area contributed by atoms with E-state index in [1.807, 2.05) is 0 Å². The van der Waals surface area contributed by atoms with Crippen LogP contribution in [0, 0.1) is 6.92 Å². The minimum absolute atomic E-state index is 0.522. The van der Waals surface area contributed by atoms with E-state index in [2.05, 4.69) is 41.8 Å². The Hall–Kier alpha value is -0.900. The number of ether oxygens (including phenoxy) is 1. The second-order valence-corrected chi connectivity index (χ2v) is 4.68. The lowest BCUT2D eigenvalue weighted by Crippen LogP contribution is -2.42. The highest BCUT2D eigenvalue weighted by Gasteiger charge is 2.11. The van der Waals surface area contributed by atoms with Crippen molar-refractivity contribution in [1.29, 1.82) is 0 Å². The van der Waals surface area contributed by atoms with Gasteiger partial charge >= 0.3 is 0 Å². The highest BCUT2D eigenvalue weighted by Crippen LogP contribution is 2.03. The van der Waals surface area contributed by atoms with Crippen molar-refractivity contribution in [2.75, 3.05) is 26.3 Å². The zero-order valence-electron chi connectivity index (χ0n) is 10.5. The van der Waals surface area contributed by atoms with Crippen LogP contribution in [0.1, 0.15) is 17.5 Å². The highest BCUT2D eigenvalue weighted by molar-refractivity contribution is 5.21. The Kier molecular flexibility index (Phi) is 4.98. The Morgan fingerprint density at radius 2 is 2.41 bits per heavy atom. The molecule has 0 saturated carbocycles. The van der Waals surface area contributed by atoms with E-state index in [1.165, 1.54) is 11.1 Å². The lowest BCUT2D eigenvalue weighted by Gasteiger charge is -2.23. The zero-order valence-corrected chi connectivity index (χ0v) is 10.5. The molecule has 0 aromatic heterocycles. The molecule has 1 heterocycles. The predicted molar refractivity (Wildman–Crippen MR) is 70.1 cm³/mol. The van der Waals surface area contributed by atoms with Gasteiger partial charge in [-0.2, -0.15) is 0 Å². The van der Waals surface area contributed by atoms with E-state index in [4.69, 9.17) is 4.74 Å². The van der Waals surface area contributed by atoms with Crippen molar-refractivity contribution in [2.45, 2.75) is 25.9 Å². The predicted octanol–water partition coefficient (Wildman–Crippen LogP) is 1.46. The first-order valence-electron chi connectivity index (χ1n) is 6.42. The van der Waals surface area contributed by atoms with Crippen molar-refractivity contribution in [3.8, 4) is 0 Å². The summed E-state index contributed by atoms with van der Waals surface area (Å²) in [5.41, 5.74) is 2.68. The Morgan fingerprint density at radius 3 is 3.18 bits per heavy atom. The summed E-state index contributed by atoms with van der Waals surface area (Å²) in [6, 6.07) is 9.17. The van der Waals surface area contributed by atoms with Crippen LogP contribution in [0.3, 0.4) is 0 Å². The largest absolute Gasteiger partial charge is 0.379 e. The highest BCUT2D eigenvalue weighted by atomic mass is 16.5. The van der Waals surface area contributed by atoms with Gasteiger partial charge < -0.3 is 15.4 Å². The fraction of sp³-hybridized carbons (Fsp3) is 0.571. The summed E-state index contributed by atoms with van der Waals surface area (Å²) in [7, 11) is 0. The van der Waals surface area contributed by atoms with Crippen molar-refractivity contribution in [1.82, 2.24) is 10.6 Å². The average molecular weight is 234 g/mol. The molecule has 1 aromatic carbocycles. The van der Waals surface area contributed by atoms with E-state index >= 15 is 0 Å². The Morgan fingerprint density at radius 1 is 1.47 bits per heavy atom. The molecule has 0 radical (unpaired) electrons. The standard InChI is InChI=1S/C14H22N2O/c1-12-3-2-4-13(9-12)10-15-6-5-14-11-17-8-7-16-14/h2-4,9,14-16H,5-8,10-11H2,1H3. The molecule has 1 fully saturated rings. The van der Waals surface area contributed by atoms with Crippen molar-refractivity contribution < 1.29 is 4.74 Å². The van der Waals surface area contributed by atoms with E-state index in [-0.39, 0.29) is 0 Å². The van der Waals surface area contributed by atoms with Crippen molar-refractivity contribution >= 4 is 0 Å². The van der Waals surface area contributed by atoms with Gasteiger partial charge in [-0.05, 0) is 25.5 Å². The molecular weight excluding hydrogens is 212 g/mol. The summed E-state index contributed by atoms with van der Waals surface area (Å²) in [4.78, 5) is 0. The third-order valence-corrected chi connectivity index (χ3v) is 3.08. The van der Waals surface area contributed by atoms with E-state index in [1.54, 1.807) is 0 Å². The molecule has 3 nitrogen and oxygen atoms in total. The Balaban J connectivity index is 1.62. The minimum Gasteiger partial charge on any atom is -0.379 e. The van der Waals surface area contributed by atoms with Gasteiger partial charge in [0.2, 0.25) is 0 Å². The molecule has 1 saturated heterocycles. The van der Waals surface area contributed by atoms with Crippen LogP contribution in [-0.2, 0) is 11.3 Å². The summed E-state index contributed by atoms with van der Waals surface area (Å²) in [5.74, 6) is 0. The van der Waals surface area contributed by atoms with Crippen LogP contribution in [0.15, 0.2) is 24.3 Å². The number of hydrogen-bond donors (Lipinski definition) is 2. The zero-order chi connectivity index (χ0) is 11.9. The summed E-state index contributed by atoms with van der Waals surface area (Å²) >= 11 is 0. The first kappa shape index (κ1) is 12.6. The molecule has 1 unspecified atom stereocenters.